The lowest BCUT2D eigenvalue weighted by atomic mass is 10.2. The molecule has 0 amide bonds. The maximum absolute atomic E-state index is 9.02. The van der Waals surface area contributed by atoms with Gasteiger partial charge < -0.3 is 5.11 Å². The number of nitrogens with one attached hydrogen (secondary N) is 1. The fourth-order valence-electron chi connectivity index (χ4n) is 0.757. The van der Waals surface area contributed by atoms with Gasteiger partial charge in [-0.3, -0.25) is 4.84 Å². The summed E-state index contributed by atoms with van der Waals surface area (Å²) in [6.07, 6.45) is 0. The van der Waals surface area contributed by atoms with Crippen LogP contribution in [0.5, 0.6) is 5.75 Å². The zero-order chi connectivity index (χ0) is 8.10. The minimum Gasteiger partial charge on any atom is -0.508 e. The predicted octanol–water partition coefficient (Wildman–Crippen LogP) is 1.72. The molecule has 3 nitrogen and oxygen atoms in total. The Balaban J connectivity index is 2.56. The molecule has 0 bridgehead atoms. The molecule has 60 valence electrons. The summed E-state index contributed by atoms with van der Waals surface area (Å²) < 4.78 is 2.37. The van der Waals surface area contributed by atoms with Gasteiger partial charge in [0.15, 0.2) is 0 Å². The van der Waals surface area contributed by atoms with E-state index in [4.69, 9.17) is 9.94 Å². The molecule has 11 heavy (non-hydrogen) atoms. The minimum atomic E-state index is 0.251. The number of benzene rings is 1. The van der Waals surface area contributed by atoms with Gasteiger partial charge in [-0.25, -0.2) is 0 Å². The average molecular weight is 218 g/mol. The quantitative estimate of drug-likeness (QED) is 0.599. The molecule has 0 unspecified atom stereocenters. The third-order valence-corrected chi connectivity index (χ3v) is 1.43. The molecule has 0 aliphatic heterocycles. The van der Waals surface area contributed by atoms with Crippen LogP contribution in [0.1, 0.15) is 5.56 Å². The van der Waals surface area contributed by atoms with E-state index >= 15 is 0 Å². The normalized spacial score (nSPS) is 9.91. The van der Waals surface area contributed by atoms with Crippen molar-refractivity contribution in [2.45, 2.75) is 6.61 Å². The highest BCUT2D eigenvalue weighted by Gasteiger charge is 1.92. The maximum atomic E-state index is 9.02. The molecule has 0 saturated carbocycles. The van der Waals surface area contributed by atoms with Gasteiger partial charge in [0.05, 0.1) is 6.61 Å². The topological polar surface area (TPSA) is 41.5 Å². The van der Waals surface area contributed by atoms with Crippen molar-refractivity contribution in [1.82, 2.24) is 4.51 Å². The number of rotatable bonds is 3. The molecule has 1 aromatic rings. The summed E-state index contributed by atoms with van der Waals surface area (Å²) in [5.74, 6) is 0.251. The summed E-state index contributed by atoms with van der Waals surface area (Å²) in [6.45, 7) is 0.416. The first-order chi connectivity index (χ1) is 5.33. The Morgan fingerprint density at radius 3 is 3.00 bits per heavy atom. The molecule has 2 N–H and O–H groups in total. The van der Waals surface area contributed by atoms with E-state index in [2.05, 4.69) is 20.7 Å². The monoisotopic (exact) mass is 217 g/mol. The van der Waals surface area contributed by atoms with Gasteiger partial charge in [-0.2, -0.15) is 0 Å². The highest BCUT2D eigenvalue weighted by atomic mass is 79.9. The van der Waals surface area contributed by atoms with Crippen molar-refractivity contribution in [2.75, 3.05) is 0 Å². The van der Waals surface area contributed by atoms with E-state index in [0.717, 1.165) is 5.56 Å². The van der Waals surface area contributed by atoms with Crippen LogP contribution in [0.4, 0.5) is 0 Å². The van der Waals surface area contributed by atoms with E-state index in [0.29, 0.717) is 6.61 Å². The fourth-order valence-corrected chi connectivity index (χ4v) is 0.871. The Labute approximate surface area is 73.3 Å². The zero-order valence-electron chi connectivity index (χ0n) is 5.75. The highest BCUT2D eigenvalue weighted by molar-refractivity contribution is 9.07. The molecule has 0 fully saturated rings. The van der Waals surface area contributed by atoms with Gasteiger partial charge in [0.1, 0.15) is 5.75 Å². The minimum absolute atomic E-state index is 0.251. The molecule has 0 radical (unpaired) electrons. The van der Waals surface area contributed by atoms with Gasteiger partial charge >= 0.3 is 0 Å². The van der Waals surface area contributed by atoms with Crippen LogP contribution in [0.25, 0.3) is 0 Å². The lowest BCUT2D eigenvalue weighted by Gasteiger charge is -2.00. The third kappa shape index (κ3) is 2.88. The molecule has 0 atom stereocenters. The summed E-state index contributed by atoms with van der Waals surface area (Å²) in [5.41, 5.74) is 0.914. The summed E-state index contributed by atoms with van der Waals surface area (Å²) in [7, 11) is 0. The molecule has 1 aromatic carbocycles. The van der Waals surface area contributed by atoms with Crippen molar-refractivity contribution in [3.05, 3.63) is 29.8 Å². The van der Waals surface area contributed by atoms with Gasteiger partial charge in [-0.1, -0.05) is 12.1 Å². The first-order valence-corrected chi connectivity index (χ1v) is 3.87. The van der Waals surface area contributed by atoms with Crippen LogP contribution in [-0.2, 0) is 11.4 Å². The average Bonchev–Trinajstić information content (AvgIpc) is 2.01. The van der Waals surface area contributed by atoms with Crippen LogP contribution >= 0.6 is 16.1 Å². The van der Waals surface area contributed by atoms with E-state index in [1.807, 2.05) is 6.07 Å². The van der Waals surface area contributed by atoms with Crippen LogP contribution in [0, 0.1) is 0 Å². The number of phenolic OH excluding ortho intramolecular Hbond substituents is 1. The molecule has 0 aromatic heterocycles. The Kier molecular flexibility index (Phi) is 3.35. The third-order valence-electron chi connectivity index (χ3n) is 1.20. The fraction of sp³-hybridized carbons (Fsp3) is 0.143. The first-order valence-electron chi connectivity index (χ1n) is 3.08. The van der Waals surface area contributed by atoms with Crippen LogP contribution in [-0.4, -0.2) is 5.11 Å². The van der Waals surface area contributed by atoms with Crippen LogP contribution in [0.2, 0.25) is 0 Å². The second-order valence-corrected chi connectivity index (χ2v) is 2.36. The number of halogens is 1. The molecule has 1 rings (SSSR count). The van der Waals surface area contributed by atoms with Crippen molar-refractivity contribution in [1.29, 1.82) is 0 Å². The zero-order valence-corrected chi connectivity index (χ0v) is 7.34. The molecular formula is C7H8BrNO2. The maximum Gasteiger partial charge on any atom is 0.115 e. The van der Waals surface area contributed by atoms with E-state index in [1.165, 1.54) is 0 Å². The van der Waals surface area contributed by atoms with Gasteiger partial charge in [-0.15, -0.1) is 4.51 Å². The predicted molar refractivity (Wildman–Crippen MR) is 45.0 cm³/mol. The molecule has 0 aliphatic rings. The Morgan fingerprint density at radius 1 is 1.55 bits per heavy atom. The van der Waals surface area contributed by atoms with Crippen molar-refractivity contribution in [3.8, 4) is 5.75 Å². The summed E-state index contributed by atoms with van der Waals surface area (Å²) in [6, 6.07) is 6.89. The second-order valence-electron chi connectivity index (χ2n) is 2.04. The number of hydrogen-bond donors (Lipinski definition) is 2. The largest absolute Gasteiger partial charge is 0.508 e. The highest BCUT2D eigenvalue weighted by Crippen LogP contribution is 2.10. The van der Waals surface area contributed by atoms with E-state index in [1.54, 1.807) is 18.2 Å². The van der Waals surface area contributed by atoms with E-state index in [9.17, 15) is 0 Å². The Morgan fingerprint density at radius 2 is 2.36 bits per heavy atom. The molecule has 0 saturated heterocycles. The Hall–Kier alpha value is -0.580. The van der Waals surface area contributed by atoms with Crippen LogP contribution in [0.15, 0.2) is 24.3 Å². The lowest BCUT2D eigenvalue weighted by Crippen LogP contribution is -1.99. The summed E-state index contributed by atoms with van der Waals surface area (Å²) in [4.78, 5) is 4.83. The molecular weight excluding hydrogens is 210 g/mol. The summed E-state index contributed by atoms with van der Waals surface area (Å²) in [5, 5.41) is 9.02. The molecule has 4 heteroatoms. The van der Waals surface area contributed by atoms with Crippen molar-refractivity contribution in [3.63, 3.8) is 0 Å². The molecule has 0 aliphatic carbocycles. The number of hydrogen-bond acceptors (Lipinski definition) is 3. The van der Waals surface area contributed by atoms with Gasteiger partial charge in [0, 0.05) is 16.1 Å². The lowest BCUT2D eigenvalue weighted by molar-refractivity contribution is 0.0919. The van der Waals surface area contributed by atoms with Crippen molar-refractivity contribution >= 4 is 16.1 Å². The first kappa shape index (κ1) is 8.52. The van der Waals surface area contributed by atoms with Gasteiger partial charge in [0.25, 0.3) is 0 Å². The van der Waals surface area contributed by atoms with Crippen molar-refractivity contribution in [2.24, 2.45) is 0 Å². The summed E-state index contributed by atoms with van der Waals surface area (Å²) >= 11 is 2.89. The number of phenols is 1. The van der Waals surface area contributed by atoms with E-state index < -0.39 is 0 Å². The molecule has 0 heterocycles. The molecule has 0 spiro atoms. The van der Waals surface area contributed by atoms with Crippen LogP contribution in [0.3, 0.4) is 0 Å². The van der Waals surface area contributed by atoms with Crippen molar-refractivity contribution < 1.29 is 9.94 Å². The Bertz CT molecular complexity index is 229. The van der Waals surface area contributed by atoms with E-state index in [-0.39, 0.29) is 5.75 Å². The van der Waals surface area contributed by atoms with Gasteiger partial charge in [-0.05, 0) is 17.7 Å². The SMILES string of the molecule is Oc1cccc(CONBr)c1. The van der Waals surface area contributed by atoms with Crippen LogP contribution < -0.4 is 4.51 Å². The van der Waals surface area contributed by atoms with Gasteiger partial charge in [0.2, 0.25) is 0 Å². The second kappa shape index (κ2) is 4.33. The number of aromatic hydroxyl groups is 1. The smallest absolute Gasteiger partial charge is 0.115 e. The standard InChI is InChI=1S/C7H8BrNO2/c8-9-11-5-6-2-1-3-7(10)4-6/h1-4,9-10H,5H2.